The van der Waals surface area contributed by atoms with Crippen LogP contribution in [0.3, 0.4) is 0 Å². The van der Waals surface area contributed by atoms with Crippen molar-refractivity contribution in [3.63, 3.8) is 0 Å². The summed E-state index contributed by atoms with van der Waals surface area (Å²) in [5.41, 5.74) is 0.856. The molecule has 0 aliphatic heterocycles. The first kappa shape index (κ1) is 22.5. The summed E-state index contributed by atoms with van der Waals surface area (Å²) in [5, 5.41) is 13.9. The van der Waals surface area contributed by atoms with E-state index in [9.17, 15) is 14.3 Å². The zero-order valence-electron chi connectivity index (χ0n) is 18.8. The van der Waals surface area contributed by atoms with E-state index >= 15 is 4.39 Å². The van der Waals surface area contributed by atoms with Gasteiger partial charge in [0, 0.05) is 28.1 Å². The summed E-state index contributed by atoms with van der Waals surface area (Å²) >= 11 is 1.10. The Bertz CT molecular complexity index is 1540. The molecule has 3 N–H and O–H groups in total. The number of carboxylic acid groups (broad SMARTS) is 1. The number of aromatic nitrogens is 4. The first-order valence-electron chi connectivity index (χ1n) is 11.6. The Labute approximate surface area is 208 Å². The molecule has 0 spiro atoms. The number of hydrogen-bond donors (Lipinski definition) is 3. The molecule has 0 aromatic carbocycles. The van der Waals surface area contributed by atoms with Gasteiger partial charge in [0.15, 0.2) is 17.5 Å². The van der Waals surface area contributed by atoms with E-state index in [-0.39, 0.29) is 29.2 Å². The van der Waals surface area contributed by atoms with Crippen molar-refractivity contribution >= 4 is 39.2 Å². The van der Waals surface area contributed by atoms with Gasteiger partial charge in [-0.15, -0.1) is 0 Å². The first-order chi connectivity index (χ1) is 17.4. The van der Waals surface area contributed by atoms with Crippen molar-refractivity contribution in [2.45, 2.75) is 31.7 Å². The monoisotopic (exact) mass is 506 g/mol. The number of pyridine rings is 1. The number of thiophene rings is 1. The van der Waals surface area contributed by atoms with Crippen molar-refractivity contribution < 1.29 is 18.7 Å². The number of fused-ring (bicyclic) bond motifs is 4. The molecule has 4 heterocycles. The Hall–Kier alpha value is -3.91. The number of rotatable bonds is 5. The molecule has 3 fully saturated rings. The molecule has 36 heavy (non-hydrogen) atoms. The molecule has 182 valence electrons. The van der Waals surface area contributed by atoms with Crippen LogP contribution in [0.1, 0.15) is 25.7 Å². The highest BCUT2D eigenvalue weighted by molar-refractivity contribution is 7.19. The van der Waals surface area contributed by atoms with Crippen molar-refractivity contribution in [1.29, 1.82) is 0 Å². The fourth-order valence-corrected chi connectivity index (χ4v) is 6.45. The van der Waals surface area contributed by atoms with Gasteiger partial charge in [0.2, 0.25) is 5.00 Å². The molecular formula is C25H20F2N6O2S. The van der Waals surface area contributed by atoms with Crippen molar-refractivity contribution in [2.75, 3.05) is 5.32 Å². The maximum atomic E-state index is 15.9. The fourth-order valence-electron chi connectivity index (χ4n) is 5.67. The normalized spacial score (nSPS) is 23.0. The van der Waals surface area contributed by atoms with Gasteiger partial charge in [-0.2, -0.15) is 11.3 Å². The molecule has 4 aromatic rings. The van der Waals surface area contributed by atoms with Crippen LogP contribution in [0.25, 0.3) is 37.8 Å². The largest absolute Gasteiger partial charge is 0.481 e. The molecular weight excluding hydrogens is 486 g/mol. The van der Waals surface area contributed by atoms with E-state index in [4.69, 9.17) is 6.57 Å². The molecule has 0 saturated heterocycles. The van der Waals surface area contributed by atoms with Crippen LogP contribution in [0.4, 0.5) is 19.6 Å². The number of carbonyl (C=O) groups is 1. The molecule has 0 radical (unpaired) electrons. The second-order valence-electron chi connectivity index (χ2n) is 9.27. The van der Waals surface area contributed by atoms with Gasteiger partial charge in [-0.1, -0.05) is 6.07 Å². The van der Waals surface area contributed by atoms with E-state index < -0.39 is 29.6 Å². The number of nitrogens with zero attached hydrogens (tertiary/aromatic N) is 4. The Morgan fingerprint density at radius 3 is 2.69 bits per heavy atom. The maximum Gasteiger partial charge on any atom is 0.308 e. The van der Waals surface area contributed by atoms with E-state index in [2.05, 4.69) is 30.1 Å². The molecule has 11 heteroatoms. The lowest BCUT2D eigenvalue weighted by atomic mass is 9.61. The third kappa shape index (κ3) is 3.69. The van der Waals surface area contributed by atoms with Crippen molar-refractivity contribution in [3.8, 4) is 22.0 Å². The quantitative estimate of drug-likeness (QED) is 0.292. The molecule has 3 aliphatic carbocycles. The minimum Gasteiger partial charge on any atom is -0.481 e. The fraction of sp³-hybridized carbons (Fsp3) is 0.320. The zero-order chi connectivity index (χ0) is 25.0. The number of hydrogen-bond acceptors (Lipinski definition) is 6. The van der Waals surface area contributed by atoms with Gasteiger partial charge in [0.25, 0.3) is 0 Å². The van der Waals surface area contributed by atoms with Crippen LogP contribution in [0.5, 0.6) is 0 Å². The summed E-state index contributed by atoms with van der Waals surface area (Å²) in [6, 6.07) is 4.05. The molecule has 2 bridgehead atoms. The van der Waals surface area contributed by atoms with Gasteiger partial charge in [-0.05, 0) is 49.7 Å². The SMILES string of the molecule is [C-]#[N+]c1ccc(-c2nc(-c3c[nH]c4ncc(F)cc34)nc(NC3C4CCC(CC4)C3C(=O)O)c2F)s1. The topological polar surface area (TPSA) is 108 Å². The minimum atomic E-state index is -0.894. The van der Waals surface area contributed by atoms with Gasteiger partial charge < -0.3 is 15.4 Å². The summed E-state index contributed by atoms with van der Waals surface area (Å²) < 4.78 is 29.9. The molecule has 0 amide bonds. The summed E-state index contributed by atoms with van der Waals surface area (Å²) in [5.74, 6) is -2.61. The predicted octanol–water partition coefficient (Wildman–Crippen LogP) is 5.88. The number of aromatic amines is 1. The number of anilines is 1. The molecule has 3 aliphatic rings. The standard InChI is InChI=1S/C25H20F2N6O2S/c1-28-17-7-6-16(36-17)21-19(27)24(31-20-12-4-2-11(3-5-12)18(20)25(34)35)33-23(32-21)15-10-30-22-14(15)8-13(26)9-29-22/h6-12,18,20H,2-5H2,(H,29,30)(H,34,35)(H,31,32,33). The summed E-state index contributed by atoms with van der Waals surface area (Å²) in [6.45, 7) is 7.26. The number of halogens is 2. The van der Waals surface area contributed by atoms with Gasteiger partial charge in [-0.3, -0.25) is 4.79 Å². The van der Waals surface area contributed by atoms with Gasteiger partial charge in [0.05, 0.1) is 18.7 Å². The van der Waals surface area contributed by atoms with E-state index in [1.54, 1.807) is 18.3 Å². The van der Waals surface area contributed by atoms with Crippen LogP contribution in [0.2, 0.25) is 0 Å². The molecule has 7 rings (SSSR count). The molecule has 2 unspecified atom stereocenters. The van der Waals surface area contributed by atoms with Gasteiger partial charge in [-0.25, -0.2) is 28.6 Å². The van der Waals surface area contributed by atoms with Crippen molar-refractivity contribution in [1.82, 2.24) is 19.9 Å². The highest BCUT2D eigenvalue weighted by Gasteiger charge is 2.47. The first-order valence-corrected chi connectivity index (χ1v) is 12.4. The molecule has 2 atom stereocenters. The van der Waals surface area contributed by atoms with Crippen molar-refractivity contribution in [3.05, 3.63) is 53.6 Å². The van der Waals surface area contributed by atoms with Crippen LogP contribution >= 0.6 is 11.3 Å². The Morgan fingerprint density at radius 2 is 1.97 bits per heavy atom. The number of H-pyrrole nitrogens is 1. The zero-order valence-corrected chi connectivity index (χ0v) is 19.6. The number of aliphatic carboxylic acids is 1. The number of nitrogens with one attached hydrogen (secondary N) is 2. The lowest BCUT2D eigenvalue weighted by Gasteiger charge is -2.47. The highest BCUT2D eigenvalue weighted by atomic mass is 32.1. The second kappa shape index (κ2) is 8.64. The minimum absolute atomic E-state index is 0.00560. The van der Waals surface area contributed by atoms with E-state index in [1.807, 2.05) is 0 Å². The Morgan fingerprint density at radius 1 is 1.19 bits per heavy atom. The Balaban J connectivity index is 1.50. The van der Waals surface area contributed by atoms with Crippen LogP contribution in [-0.2, 0) is 4.79 Å². The van der Waals surface area contributed by atoms with Crippen LogP contribution in [-0.4, -0.2) is 37.1 Å². The molecule has 8 nitrogen and oxygen atoms in total. The molecule has 3 saturated carbocycles. The molecule has 4 aromatic heterocycles. The Kier molecular flexibility index (Phi) is 5.41. The summed E-state index contributed by atoms with van der Waals surface area (Å²) in [7, 11) is 0. The van der Waals surface area contributed by atoms with E-state index in [1.165, 1.54) is 6.07 Å². The second-order valence-corrected chi connectivity index (χ2v) is 10.3. The van der Waals surface area contributed by atoms with Crippen LogP contribution in [0.15, 0.2) is 30.6 Å². The summed E-state index contributed by atoms with van der Waals surface area (Å²) in [4.78, 5) is 31.9. The van der Waals surface area contributed by atoms with Crippen LogP contribution in [0, 0.1) is 36.0 Å². The average Bonchev–Trinajstić information content (AvgIpc) is 3.53. The van der Waals surface area contributed by atoms with Crippen molar-refractivity contribution in [2.24, 2.45) is 17.8 Å². The summed E-state index contributed by atoms with van der Waals surface area (Å²) in [6.07, 6.45) is 6.14. The van der Waals surface area contributed by atoms with Gasteiger partial charge in [0.1, 0.15) is 17.2 Å². The third-order valence-corrected chi connectivity index (χ3v) is 8.32. The highest BCUT2D eigenvalue weighted by Crippen LogP contribution is 2.47. The maximum absolute atomic E-state index is 15.9. The van der Waals surface area contributed by atoms with E-state index in [0.717, 1.165) is 43.2 Å². The smallest absolute Gasteiger partial charge is 0.308 e. The lowest BCUT2D eigenvalue weighted by molar-refractivity contribution is -0.148. The van der Waals surface area contributed by atoms with Gasteiger partial charge >= 0.3 is 5.97 Å². The predicted molar refractivity (Wildman–Crippen MR) is 131 cm³/mol. The van der Waals surface area contributed by atoms with Crippen LogP contribution < -0.4 is 5.32 Å². The van der Waals surface area contributed by atoms with E-state index in [0.29, 0.717) is 26.5 Å². The lowest BCUT2D eigenvalue weighted by Crippen LogP contribution is -2.51. The number of carboxylic acids is 1. The average molecular weight is 507 g/mol. The third-order valence-electron chi connectivity index (χ3n) is 7.33.